The topological polar surface area (TPSA) is 43.1 Å². The van der Waals surface area contributed by atoms with E-state index in [2.05, 4.69) is 20.8 Å². The lowest BCUT2D eigenvalue weighted by Gasteiger charge is -2.22. The molecule has 0 bridgehead atoms. The van der Waals surface area contributed by atoms with Crippen LogP contribution in [0.4, 0.5) is 0 Å². The first-order chi connectivity index (χ1) is 8.17. The van der Waals surface area contributed by atoms with E-state index in [4.69, 9.17) is 5.73 Å². The Hall–Kier alpha value is -0.530. The van der Waals surface area contributed by atoms with Crippen LogP contribution in [-0.4, -0.2) is 5.91 Å². The van der Waals surface area contributed by atoms with Crippen molar-refractivity contribution in [3.05, 3.63) is 0 Å². The third-order valence-corrected chi connectivity index (χ3v) is 3.83. The first kappa shape index (κ1) is 16.5. The highest BCUT2D eigenvalue weighted by Crippen LogP contribution is 2.25. The average Bonchev–Trinajstić information content (AvgIpc) is 2.31. The Morgan fingerprint density at radius 2 is 1.53 bits per heavy atom. The summed E-state index contributed by atoms with van der Waals surface area (Å²) in [6.45, 7) is 6.48. The molecule has 0 aromatic rings. The standard InChI is InChI=1S/C15H31NO/c1-4-7-8-9-10-11-12-13(5-2)14(6-3)15(16)17/h13-14H,4-12H2,1-3H3,(H2,16,17). The van der Waals surface area contributed by atoms with Gasteiger partial charge in [-0.25, -0.2) is 0 Å². The molecule has 0 radical (unpaired) electrons. The number of unbranched alkanes of at least 4 members (excludes halogenated alkanes) is 5. The first-order valence-corrected chi connectivity index (χ1v) is 7.46. The highest BCUT2D eigenvalue weighted by molar-refractivity contribution is 5.76. The van der Waals surface area contributed by atoms with Crippen molar-refractivity contribution in [1.29, 1.82) is 0 Å². The Morgan fingerprint density at radius 3 is 2.00 bits per heavy atom. The molecule has 0 rings (SSSR count). The van der Waals surface area contributed by atoms with Crippen molar-refractivity contribution in [1.82, 2.24) is 0 Å². The zero-order chi connectivity index (χ0) is 13.1. The van der Waals surface area contributed by atoms with Gasteiger partial charge in [0.25, 0.3) is 0 Å². The first-order valence-electron chi connectivity index (χ1n) is 7.46. The normalized spacial score (nSPS) is 14.5. The van der Waals surface area contributed by atoms with Gasteiger partial charge < -0.3 is 5.73 Å². The summed E-state index contributed by atoms with van der Waals surface area (Å²) >= 11 is 0. The lowest BCUT2D eigenvalue weighted by atomic mass is 9.83. The highest BCUT2D eigenvalue weighted by atomic mass is 16.1. The SMILES string of the molecule is CCCCCCCCC(CC)C(CC)C(N)=O. The van der Waals surface area contributed by atoms with E-state index < -0.39 is 0 Å². The van der Waals surface area contributed by atoms with E-state index in [0.717, 1.165) is 12.8 Å². The molecule has 0 aromatic carbocycles. The lowest BCUT2D eigenvalue weighted by Crippen LogP contribution is -2.29. The summed E-state index contributed by atoms with van der Waals surface area (Å²) < 4.78 is 0. The van der Waals surface area contributed by atoms with Crippen LogP contribution >= 0.6 is 0 Å². The molecule has 2 unspecified atom stereocenters. The second kappa shape index (κ2) is 10.6. The van der Waals surface area contributed by atoms with Gasteiger partial charge in [-0.2, -0.15) is 0 Å². The van der Waals surface area contributed by atoms with Crippen molar-refractivity contribution in [2.24, 2.45) is 17.6 Å². The number of carbonyl (C=O) groups is 1. The van der Waals surface area contributed by atoms with Gasteiger partial charge in [-0.05, 0) is 18.8 Å². The molecular weight excluding hydrogens is 210 g/mol. The van der Waals surface area contributed by atoms with Crippen LogP contribution in [0.5, 0.6) is 0 Å². The molecular formula is C15H31NO. The molecule has 0 aromatic heterocycles. The predicted octanol–water partition coefficient (Wildman–Crippen LogP) is 4.27. The van der Waals surface area contributed by atoms with E-state index in [1.165, 1.54) is 44.9 Å². The second-order valence-corrected chi connectivity index (χ2v) is 5.14. The van der Waals surface area contributed by atoms with Gasteiger partial charge in [0.05, 0.1) is 0 Å². The predicted molar refractivity (Wildman–Crippen MR) is 74.7 cm³/mol. The molecule has 0 saturated heterocycles. The van der Waals surface area contributed by atoms with Crippen LogP contribution in [0.2, 0.25) is 0 Å². The Morgan fingerprint density at radius 1 is 0.941 bits per heavy atom. The molecule has 17 heavy (non-hydrogen) atoms. The molecule has 2 heteroatoms. The zero-order valence-corrected chi connectivity index (χ0v) is 12.0. The van der Waals surface area contributed by atoms with Gasteiger partial charge in [0.2, 0.25) is 5.91 Å². The summed E-state index contributed by atoms with van der Waals surface area (Å²) in [6, 6.07) is 0. The average molecular weight is 241 g/mol. The molecule has 0 aliphatic rings. The fraction of sp³-hybridized carbons (Fsp3) is 0.933. The minimum absolute atomic E-state index is 0.0932. The summed E-state index contributed by atoms with van der Waals surface area (Å²) in [5, 5.41) is 0. The minimum atomic E-state index is -0.106. The fourth-order valence-electron chi connectivity index (χ4n) is 2.64. The van der Waals surface area contributed by atoms with Crippen molar-refractivity contribution >= 4 is 5.91 Å². The monoisotopic (exact) mass is 241 g/mol. The molecule has 102 valence electrons. The number of hydrogen-bond acceptors (Lipinski definition) is 1. The summed E-state index contributed by atoms with van der Waals surface area (Å²) in [6.07, 6.45) is 11.1. The molecule has 1 amide bonds. The summed E-state index contributed by atoms with van der Waals surface area (Å²) in [5.41, 5.74) is 5.45. The number of nitrogens with two attached hydrogens (primary N) is 1. The van der Waals surface area contributed by atoms with Gasteiger partial charge in [0.15, 0.2) is 0 Å². The Kier molecular flexibility index (Phi) is 10.3. The molecule has 0 heterocycles. The molecule has 2 N–H and O–H groups in total. The minimum Gasteiger partial charge on any atom is -0.369 e. The van der Waals surface area contributed by atoms with E-state index in [-0.39, 0.29) is 11.8 Å². The Balaban J connectivity index is 3.77. The highest BCUT2D eigenvalue weighted by Gasteiger charge is 2.22. The molecule has 0 aliphatic carbocycles. The van der Waals surface area contributed by atoms with Crippen LogP contribution in [0, 0.1) is 11.8 Å². The van der Waals surface area contributed by atoms with Gasteiger partial charge in [0, 0.05) is 5.92 Å². The summed E-state index contributed by atoms with van der Waals surface area (Å²) in [5.74, 6) is 0.490. The largest absolute Gasteiger partial charge is 0.369 e. The molecule has 2 nitrogen and oxygen atoms in total. The van der Waals surface area contributed by atoms with E-state index in [9.17, 15) is 4.79 Å². The van der Waals surface area contributed by atoms with E-state index >= 15 is 0 Å². The maximum Gasteiger partial charge on any atom is 0.220 e. The summed E-state index contributed by atoms with van der Waals surface area (Å²) in [7, 11) is 0. The maximum atomic E-state index is 11.3. The molecule has 0 saturated carbocycles. The number of primary amides is 1. The third-order valence-electron chi connectivity index (χ3n) is 3.83. The van der Waals surface area contributed by atoms with Gasteiger partial charge in [-0.1, -0.05) is 65.7 Å². The van der Waals surface area contributed by atoms with Crippen LogP contribution in [0.25, 0.3) is 0 Å². The maximum absolute atomic E-state index is 11.3. The summed E-state index contributed by atoms with van der Waals surface area (Å²) in [4.78, 5) is 11.3. The van der Waals surface area contributed by atoms with E-state index in [0.29, 0.717) is 5.92 Å². The molecule has 0 spiro atoms. The van der Waals surface area contributed by atoms with Crippen LogP contribution in [-0.2, 0) is 4.79 Å². The van der Waals surface area contributed by atoms with Crippen LogP contribution in [0.15, 0.2) is 0 Å². The number of rotatable bonds is 11. The van der Waals surface area contributed by atoms with Crippen molar-refractivity contribution in [2.75, 3.05) is 0 Å². The van der Waals surface area contributed by atoms with E-state index in [1.807, 2.05) is 0 Å². The zero-order valence-electron chi connectivity index (χ0n) is 12.0. The number of carbonyl (C=O) groups excluding carboxylic acids is 1. The Bertz CT molecular complexity index is 191. The van der Waals surface area contributed by atoms with Crippen LogP contribution in [0.3, 0.4) is 0 Å². The molecule has 2 atom stereocenters. The van der Waals surface area contributed by atoms with Gasteiger partial charge >= 0.3 is 0 Å². The Labute approximate surface area is 107 Å². The fourth-order valence-corrected chi connectivity index (χ4v) is 2.64. The van der Waals surface area contributed by atoms with Crippen molar-refractivity contribution in [3.63, 3.8) is 0 Å². The lowest BCUT2D eigenvalue weighted by molar-refractivity contribution is -0.123. The third kappa shape index (κ3) is 7.40. The smallest absolute Gasteiger partial charge is 0.220 e. The van der Waals surface area contributed by atoms with Crippen LogP contribution in [0.1, 0.15) is 78.6 Å². The van der Waals surface area contributed by atoms with Crippen molar-refractivity contribution < 1.29 is 4.79 Å². The van der Waals surface area contributed by atoms with Crippen molar-refractivity contribution in [2.45, 2.75) is 78.6 Å². The van der Waals surface area contributed by atoms with Gasteiger partial charge in [-0.3, -0.25) is 4.79 Å². The quantitative estimate of drug-likeness (QED) is 0.539. The van der Waals surface area contributed by atoms with Gasteiger partial charge in [0.1, 0.15) is 0 Å². The molecule has 0 aliphatic heterocycles. The van der Waals surface area contributed by atoms with E-state index in [1.54, 1.807) is 0 Å². The second-order valence-electron chi connectivity index (χ2n) is 5.14. The van der Waals surface area contributed by atoms with Crippen LogP contribution < -0.4 is 5.73 Å². The van der Waals surface area contributed by atoms with Crippen molar-refractivity contribution in [3.8, 4) is 0 Å². The number of hydrogen-bond donors (Lipinski definition) is 1. The molecule has 0 fully saturated rings. The number of amides is 1. The van der Waals surface area contributed by atoms with Gasteiger partial charge in [-0.15, -0.1) is 0 Å².